The molecule has 3 rings (SSSR count). The van der Waals surface area contributed by atoms with Crippen LogP contribution in [0, 0.1) is 0 Å². The lowest BCUT2D eigenvalue weighted by Gasteiger charge is -2.32. The lowest BCUT2D eigenvalue weighted by molar-refractivity contribution is 0.00578. The van der Waals surface area contributed by atoms with Gasteiger partial charge in [0.1, 0.15) is 5.58 Å². The summed E-state index contributed by atoms with van der Waals surface area (Å²) in [4.78, 5) is 0. The van der Waals surface area contributed by atoms with Crippen molar-refractivity contribution in [2.45, 2.75) is 51.3 Å². The van der Waals surface area contributed by atoms with Gasteiger partial charge in [0, 0.05) is 11.3 Å². The average Bonchev–Trinajstić information content (AvgIpc) is 2.89. The minimum atomic E-state index is -0.399. The van der Waals surface area contributed by atoms with E-state index in [4.69, 9.17) is 19.5 Å². The summed E-state index contributed by atoms with van der Waals surface area (Å²) >= 11 is 0. The van der Waals surface area contributed by atoms with Crippen molar-refractivity contribution in [3.63, 3.8) is 0 Å². The number of fused-ring (bicyclic) bond motifs is 1. The number of hydrogen-bond acceptors (Lipinski definition) is 4. The third-order valence-corrected chi connectivity index (χ3v) is 4.64. The fourth-order valence-electron chi connectivity index (χ4n) is 2.60. The molecule has 112 valence electrons. The fourth-order valence-corrected chi connectivity index (χ4v) is 2.60. The molecular weight excluding hydrogens is 265 g/mol. The van der Waals surface area contributed by atoms with Crippen LogP contribution in [0.15, 0.2) is 34.9 Å². The third kappa shape index (κ3) is 2.50. The van der Waals surface area contributed by atoms with Crippen LogP contribution >= 0.6 is 0 Å². The Hall–Kier alpha value is -1.30. The normalized spacial score (nSPS) is 21.9. The van der Waals surface area contributed by atoms with Crippen molar-refractivity contribution < 1.29 is 13.7 Å². The Kier molecular flexibility index (Phi) is 3.39. The topological polar surface area (TPSA) is 57.6 Å². The van der Waals surface area contributed by atoms with E-state index in [1.807, 2.05) is 52.0 Å². The van der Waals surface area contributed by atoms with Crippen LogP contribution in [0.4, 0.5) is 0 Å². The van der Waals surface area contributed by atoms with E-state index in [0.29, 0.717) is 6.42 Å². The molecule has 1 aromatic carbocycles. The first kappa shape index (κ1) is 14.6. The Morgan fingerprint density at radius 3 is 2.38 bits per heavy atom. The van der Waals surface area contributed by atoms with Gasteiger partial charge in [-0.1, -0.05) is 18.2 Å². The number of nitrogens with two attached hydrogens (primary N) is 1. The van der Waals surface area contributed by atoms with Crippen molar-refractivity contribution in [3.8, 4) is 0 Å². The van der Waals surface area contributed by atoms with E-state index in [0.717, 1.165) is 16.5 Å². The largest absolute Gasteiger partial charge is 0.476 e. The standard InChI is InChI=1S/C16H22BNO3/c1-15(2)16(3,4)21-17(20-15)14(18)9-11-10-19-13-8-6-5-7-12(11)13/h5-8,10,14H,9,18H2,1-4H3. The molecule has 4 nitrogen and oxygen atoms in total. The second-order valence-corrected chi connectivity index (χ2v) is 6.75. The smallest absolute Gasteiger partial charge is 0.464 e. The van der Waals surface area contributed by atoms with Gasteiger partial charge in [0.2, 0.25) is 0 Å². The van der Waals surface area contributed by atoms with Gasteiger partial charge in [0.05, 0.1) is 17.5 Å². The summed E-state index contributed by atoms with van der Waals surface area (Å²) in [6.45, 7) is 8.14. The number of para-hydroxylation sites is 1. The van der Waals surface area contributed by atoms with Crippen LogP contribution in [0.3, 0.4) is 0 Å². The molecule has 2 aromatic rings. The third-order valence-electron chi connectivity index (χ3n) is 4.64. The predicted molar refractivity (Wildman–Crippen MR) is 84.0 cm³/mol. The zero-order chi connectivity index (χ0) is 15.3. The summed E-state index contributed by atoms with van der Waals surface area (Å²) in [6, 6.07) is 7.97. The molecule has 0 aliphatic carbocycles. The quantitative estimate of drug-likeness (QED) is 0.882. The van der Waals surface area contributed by atoms with E-state index in [-0.39, 0.29) is 17.1 Å². The van der Waals surface area contributed by atoms with E-state index < -0.39 is 7.12 Å². The number of benzene rings is 1. The first-order valence-corrected chi connectivity index (χ1v) is 7.36. The Labute approximate surface area is 125 Å². The van der Waals surface area contributed by atoms with E-state index in [9.17, 15) is 0 Å². The summed E-state index contributed by atoms with van der Waals surface area (Å²) in [6.07, 6.45) is 2.43. The first-order valence-electron chi connectivity index (χ1n) is 7.36. The summed E-state index contributed by atoms with van der Waals surface area (Å²) in [5.41, 5.74) is 7.58. The Morgan fingerprint density at radius 2 is 1.71 bits per heavy atom. The summed E-state index contributed by atoms with van der Waals surface area (Å²) in [5, 5.41) is 1.10. The van der Waals surface area contributed by atoms with Crippen LogP contribution in [-0.2, 0) is 15.7 Å². The van der Waals surface area contributed by atoms with Crippen LogP contribution in [0.1, 0.15) is 33.3 Å². The van der Waals surface area contributed by atoms with Gasteiger partial charge in [-0.25, -0.2) is 0 Å². The minimum Gasteiger partial charge on any atom is -0.464 e. The van der Waals surface area contributed by atoms with Crippen molar-refractivity contribution in [2.24, 2.45) is 5.73 Å². The molecule has 1 unspecified atom stereocenters. The number of furan rings is 1. The zero-order valence-corrected chi connectivity index (χ0v) is 13.1. The lowest BCUT2D eigenvalue weighted by Crippen LogP contribution is -2.43. The second kappa shape index (κ2) is 4.87. The van der Waals surface area contributed by atoms with Crippen LogP contribution in [-0.4, -0.2) is 24.3 Å². The number of hydrogen-bond donors (Lipinski definition) is 1. The molecule has 0 radical (unpaired) electrons. The second-order valence-electron chi connectivity index (χ2n) is 6.75. The van der Waals surface area contributed by atoms with Crippen molar-refractivity contribution in [1.29, 1.82) is 0 Å². The molecule has 1 atom stereocenters. The molecule has 1 fully saturated rings. The fraction of sp³-hybridized carbons (Fsp3) is 0.500. The molecule has 1 aliphatic heterocycles. The molecule has 1 aliphatic rings. The van der Waals surface area contributed by atoms with Gasteiger partial charge in [-0.15, -0.1) is 0 Å². The lowest BCUT2D eigenvalue weighted by atomic mass is 9.75. The number of rotatable bonds is 3. The van der Waals surface area contributed by atoms with Gasteiger partial charge in [-0.3, -0.25) is 0 Å². The molecule has 0 amide bonds. The van der Waals surface area contributed by atoms with Crippen molar-refractivity contribution in [3.05, 3.63) is 36.1 Å². The molecule has 0 saturated carbocycles. The maximum atomic E-state index is 6.31. The summed E-state index contributed by atoms with van der Waals surface area (Å²) in [5.74, 6) is -0.230. The monoisotopic (exact) mass is 287 g/mol. The Bertz CT molecular complexity index is 634. The Balaban J connectivity index is 1.77. The van der Waals surface area contributed by atoms with Crippen molar-refractivity contribution in [1.82, 2.24) is 0 Å². The van der Waals surface area contributed by atoms with E-state index in [2.05, 4.69) is 0 Å². The molecule has 2 N–H and O–H groups in total. The van der Waals surface area contributed by atoms with Gasteiger partial charge in [-0.05, 0) is 45.7 Å². The zero-order valence-electron chi connectivity index (χ0n) is 13.1. The van der Waals surface area contributed by atoms with Crippen molar-refractivity contribution in [2.75, 3.05) is 0 Å². The van der Waals surface area contributed by atoms with Gasteiger partial charge >= 0.3 is 7.12 Å². The maximum absolute atomic E-state index is 6.31. The Morgan fingerprint density at radius 1 is 1.10 bits per heavy atom. The van der Waals surface area contributed by atoms with Crippen LogP contribution < -0.4 is 5.73 Å². The highest BCUT2D eigenvalue weighted by Gasteiger charge is 2.53. The minimum absolute atomic E-state index is 0.230. The molecule has 2 heterocycles. The highest BCUT2D eigenvalue weighted by Crippen LogP contribution is 2.37. The van der Waals surface area contributed by atoms with Crippen molar-refractivity contribution >= 4 is 18.1 Å². The van der Waals surface area contributed by atoms with Gasteiger partial charge in [0.15, 0.2) is 0 Å². The molecule has 1 saturated heterocycles. The van der Waals surface area contributed by atoms with Gasteiger partial charge < -0.3 is 19.5 Å². The molecule has 0 bridgehead atoms. The summed E-state index contributed by atoms with van der Waals surface area (Å²) < 4.78 is 17.6. The molecule has 1 aromatic heterocycles. The molecule has 0 spiro atoms. The van der Waals surface area contributed by atoms with Gasteiger partial charge in [-0.2, -0.15) is 0 Å². The molecule has 21 heavy (non-hydrogen) atoms. The van der Waals surface area contributed by atoms with Crippen LogP contribution in [0.5, 0.6) is 0 Å². The van der Waals surface area contributed by atoms with E-state index in [1.54, 1.807) is 6.26 Å². The summed E-state index contributed by atoms with van der Waals surface area (Å²) in [7, 11) is -0.399. The van der Waals surface area contributed by atoms with Crippen LogP contribution in [0.25, 0.3) is 11.0 Å². The van der Waals surface area contributed by atoms with E-state index in [1.165, 1.54) is 0 Å². The highest BCUT2D eigenvalue weighted by molar-refractivity contribution is 6.47. The SMILES string of the molecule is CC1(C)OB(C(N)Cc2coc3ccccc23)OC1(C)C. The molecule has 5 heteroatoms. The van der Waals surface area contributed by atoms with Gasteiger partial charge in [0.25, 0.3) is 0 Å². The predicted octanol–water partition coefficient (Wildman–Crippen LogP) is 2.93. The maximum Gasteiger partial charge on any atom is 0.476 e. The average molecular weight is 287 g/mol. The first-order chi connectivity index (χ1) is 9.80. The molecular formula is C16H22BNO3. The van der Waals surface area contributed by atoms with E-state index >= 15 is 0 Å². The van der Waals surface area contributed by atoms with Crippen LogP contribution in [0.2, 0.25) is 0 Å². The highest BCUT2D eigenvalue weighted by atomic mass is 16.7.